The van der Waals surface area contributed by atoms with E-state index < -0.39 is 15.7 Å². The molecule has 3 aromatic rings. The van der Waals surface area contributed by atoms with Gasteiger partial charge in [0, 0.05) is 24.7 Å². The number of hydrogen-bond acceptors (Lipinski definition) is 5. The summed E-state index contributed by atoms with van der Waals surface area (Å²) in [7, 11) is -3.94. The van der Waals surface area contributed by atoms with Crippen molar-refractivity contribution in [3.8, 4) is 0 Å². The molecule has 0 N–H and O–H groups in total. The van der Waals surface area contributed by atoms with Gasteiger partial charge < -0.3 is 14.1 Å². The molecule has 1 aliphatic heterocycles. The van der Waals surface area contributed by atoms with E-state index in [1.54, 1.807) is 12.1 Å². The van der Waals surface area contributed by atoms with Crippen LogP contribution in [0.5, 0.6) is 0 Å². The Morgan fingerprint density at radius 2 is 1.78 bits per heavy atom. The summed E-state index contributed by atoms with van der Waals surface area (Å²) in [6.45, 7) is 1.16. The molecule has 2 heterocycles. The van der Waals surface area contributed by atoms with E-state index in [2.05, 4.69) is 0 Å². The van der Waals surface area contributed by atoms with E-state index >= 15 is 0 Å². The average molecular weight is 478 g/mol. The van der Waals surface area contributed by atoms with Crippen LogP contribution in [0.3, 0.4) is 0 Å². The molecular weight excluding hydrogens is 457 g/mol. The Bertz CT molecular complexity index is 1190. The van der Waals surface area contributed by atoms with Crippen LogP contribution in [0.2, 0.25) is 5.02 Å². The minimum Gasteiger partial charge on any atom is -0.439 e. The van der Waals surface area contributed by atoms with Gasteiger partial charge in [0.05, 0.1) is 11.0 Å². The quantitative estimate of drug-likeness (QED) is 0.492. The Labute approximate surface area is 190 Å². The van der Waals surface area contributed by atoms with Crippen molar-refractivity contribution in [2.45, 2.75) is 35.5 Å². The lowest BCUT2D eigenvalue weighted by Gasteiger charge is -2.24. The van der Waals surface area contributed by atoms with Gasteiger partial charge in [0.15, 0.2) is 5.76 Å². The molecule has 0 spiro atoms. The standard InChI is InChI=1S/C23H21ClFNO5S/c24-17-5-9-20(10-6-17)32(28,29)22-12-11-21(31-22)23(27)26(15-19-2-1-13-30-19)14-16-3-7-18(25)8-4-16/h3-12,19H,1-2,13-15H2. The minimum absolute atomic E-state index is 0.0118. The topological polar surface area (TPSA) is 76.8 Å². The number of nitrogens with zero attached hydrogens (tertiary/aromatic N) is 1. The molecule has 4 rings (SSSR count). The van der Waals surface area contributed by atoms with Gasteiger partial charge in [0.25, 0.3) is 5.91 Å². The minimum atomic E-state index is -3.94. The van der Waals surface area contributed by atoms with Gasteiger partial charge in [-0.2, -0.15) is 0 Å². The van der Waals surface area contributed by atoms with Gasteiger partial charge in [-0.25, -0.2) is 12.8 Å². The summed E-state index contributed by atoms with van der Waals surface area (Å²) in [5, 5.41) is 0.0758. The van der Waals surface area contributed by atoms with Crippen LogP contribution in [-0.4, -0.2) is 38.5 Å². The van der Waals surface area contributed by atoms with Crippen molar-refractivity contribution in [1.82, 2.24) is 4.90 Å². The Balaban J connectivity index is 1.58. The summed E-state index contributed by atoms with van der Waals surface area (Å²) in [5.74, 6) is -0.936. The van der Waals surface area contributed by atoms with E-state index in [0.29, 0.717) is 18.2 Å². The fourth-order valence-corrected chi connectivity index (χ4v) is 4.83. The van der Waals surface area contributed by atoms with E-state index in [1.807, 2.05) is 0 Å². The lowest BCUT2D eigenvalue weighted by Crippen LogP contribution is -2.36. The molecule has 0 radical (unpaired) electrons. The smallest absolute Gasteiger partial charge is 0.290 e. The van der Waals surface area contributed by atoms with Crippen molar-refractivity contribution in [2.75, 3.05) is 13.2 Å². The number of ether oxygens (including phenoxy) is 1. The van der Waals surface area contributed by atoms with Gasteiger partial charge >= 0.3 is 0 Å². The molecule has 1 fully saturated rings. The molecule has 1 amide bonds. The molecular formula is C23H21ClFNO5S. The van der Waals surface area contributed by atoms with Crippen molar-refractivity contribution in [1.29, 1.82) is 0 Å². The van der Waals surface area contributed by atoms with Crippen molar-refractivity contribution < 1.29 is 26.8 Å². The zero-order valence-electron chi connectivity index (χ0n) is 17.0. The Kier molecular flexibility index (Phi) is 6.64. The summed E-state index contributed by atoms with van der Waals surface area (Å²) in [5.41, 5.74) is 0.735. The number of carbonyl (C=O) groups is 1. The molecule has 1 saturated heterocycles. The first kappa shape index (κ1) is 22.5. The summed E-state index contributed by atoms with van der Waals surface area (Å²) in [6, 6.07) is 14.2. The lowest BCUT2D eigenvalue weighted by molar-refractivity contribution is 0.0480. The number of carbonyl (C=O) groups excluding carboxylic acids is 1. The summed E-state index contributed by atoms with van der Waals surface area (Å²) >= 11 is 5.83. The van der Waals surface area contributed by atoms with Gasteiger partial charge in [0.2, 0.25) is 14.9 Å². The second-order valence-electron chi connectivity index (χ2n) is 7.52. The summed E-state index contributed by atoms with van der Waals surface area (Å²) in [6.07, 6.45) is 1.61. The first-order chi connectivity index (χ1) is 15.3. The van der Waals surface area contributed by atoms with Crippen LogP contribution in [0.1, 0.15) is 29.0 Å². The van der Waals surface area contributed by atoms with Gasteiger partial charge in [0.1, 0.15) is 5.82 Å². The summed E-state index contributed by atoms with van der Waals surface area (Å²) in [4.78, 5) is 14.8. The molecule has 1 unspecified atom stereocenters. The highest BCUT2D eigenvalue weighted by Crippen LogP contribution is 2.25. The van der Waals surface area contributed by atoms with E-state index in [0.717, 1.165) is 18.4 Å². The normalized spacial score (nSPS) is 16.2. The lowest BCUT2D eigenvalue weighted by atomic mass is 10.1. The van der Waals surface area contributed by atoms with Gasteiger partial charge in [-0.1, -0.05) is 23.7 Å². The molecule has 1 atom stereocenters. The first-order valence-corrected chi connectivity index (χ1v) is 11.9. The van der Waals surface area contributed by atoms with Gasteiger partial charge in [-0.15, -0.1) is 0 Å². The fourth-order valence-electron chi connectivity index (χ4n) is 3.53. The maximum atomic E-state index is 13.3. The van der Waals surface area contributed by atoms with Crippen LogP contribution in [0.15, 0.2) is 75.1 Å². The van der Waals surface area contributed by atoms with Crippen LogP contribution in [0, 0.1) is 5.82 Å². The number of halogens is 2. The highest BCUT2D eigenvalue weighted by Gasteiger charge is 2.28. The van der Waals surface area contributed by atoms with Gasteiger partial charge in [-0.3, -0.25) is 4.79 Å². The third-order valence-corrected chi connectivity index (χ3v) is 7.10. The van der Waals surface area contributed by atoms with E-state index in [4.69, 9.17) is 20.8 Å². The fraction of sp³-hybridized carbons (Fsp3) is 0.261. The van der Waals surface area contributed by atoms with Crippen molar-refractivity contribution >= 4 is 27.3 Å². The number of amides is 1. The van der Waals surface area contributed by atoms with Crippen molar-refractivity contribution in [2.24, 2.45) is 0 Å². The third-order valence-electron chi connectivity index (χ3n) is 5.20. The molecule has 2 aromatic carbocycles. The van der Waals surface area contributed by atoms with E-state index in [1.165, 1.54) is 53.4 Å². The SMILES string of the molecule is O=C(c1ccc(S(=O)(=O)c2ccc(Cl)cc2)o1)N(Cc1ccc(F)cc1)CC1CCCO1. The monoisotopic (exact) mass is 477 g/mol. The maximum absolute atomic E-state index is 13.3. The van der Waals surface area contributed by atoms with Crippen LogP contribution < -0.4 is 0 Å². The predicted octanol–water partition coefficient (Wildman–Crippen LogP) is 4.73. The van der Waals surface area contributed by atoms with Gasteiger partial charge in [-0.05, 0) is 66.9 Å². The highest BCUT2D eigenvalue weighted by atomic mass is 35.5. The number of furan rings is 1. The van der Waals surface area contributed by atoms with Crippen LogP contribution >= 0.6 is 11.6 Å². The second-order valence-corrected chi connectivity index (χ2v) is 9.84. The molecule has 0 aliphatic carbocycles. The summed E-state index contributed by atoms with van der Waals surface area (Å²) < 4.78 is 50.1. The first-order valence-electron chi connectivity index (χ1n) is 10.1. The van der Waals surface area contributed by atoms with Crippen molar-refractivity contribution in [3.63, 3.8) is 0 Å². The van der Waals surface area contributed by atoms with E-state index in [9.17, 15) is 17.6 Å². The zero-order chi connectivity index (χ0) is 22.7. The largest absolute Gasteiger partial charge is 0.439 e. The molecule has 6 nitrogen and oxygen atoms in total. The predicted molar refractivity (Wildman–Crippen MR) is 116 cm³/mol. The zero-order valence-corrected chi connectivity index (χ0v) is 18.6. The number of benzene rings is 2. The number of rotatable bonds is 7. The van der Waals surface area contributed by atoms with Crippen LogP contribution in [0.4, 0.5) is 4.39 Å². The average Bonchev–Trinajstić information content (AvgIpc) is 3.47. The van der Waals surface area contributed by atoms with Crippen molar-refractivity contribution in [3.05, 3.63) is 82.8 Å². The molecule has 0 saturated carbocycles. The molecule has 32 heavy (non-hydrogen) atoms. The Morgan fingerprint density at radius 1 is 1.06 bits per heavy atom. The number of hydrogen-bond donors (Lipinski definition) is 0. The molecule has 1 aliphatic rings. The van der Waals surface area contributed by atoms with Crippen LogP contribution in [0.25, 0.3) is 0 Å². The van der Waals surface area contributed by atoms with E-state index in [-0.39, 0.29) is 34.2 Å². The Hall–Kier alpha value is -2.68. The molecule has 168 valence electrons. The highest BCUT2D eigenvalue weighted by molar-refractivity contribution is 7.91. The Morgan fingerprint density at radius 3 is 2.44 bits per heavy atom. The molecule has 0 bridgehead atoms. The number of sulfone groups is 1. The molecule has 9 heteroatoms. The third kappa shape index (κ3) is 5.03. The van der Waals surface area contributed by atoms with Crippen LogP contribution in [-0.2, 0) is 21.1 Å². The second kappa shape index (κ2) is 9.44. The maximum Gasteiger partial charge on any atom is 0.290 e. The molecule has 1 aromatic heterocycles.